The van der Waals surface area contributed by atoms with Crippen LogP contribution in [0.15, 0.2) is 24.3 Å². The highest BCUT2D eigenvalue weighted by molar-refractivity contribution is 7.09. The molecule has 0 atom stereocenters. The third kappa shape index (κ3) is 2.82. The van der Waals surface area contributed by atoms with Gasteiger partial charge in [0, 0.05) is 29.9 Å². The second-order valence-electron chi connectivity index (χ2n) is 4.54. The zero-order valence-corrected chi connectivity index (χ0v) is 11.5. The fourth-order valence-electron chi connectivity index (χ4n) is 1.74. The van der Waals surface area contributed by atoms with Crippen LogP contribution in [0, 0.1) is 0 Å². The van der Waals surface area contributed by atoms with Crippen molar-refractivity contribution in [2.24, 2.45) is 0 Å². The van der Waals surface area contributed by atoms with Crippen LogP contribution >= 0.6 is 23.1 Å². The molecule has 1 saturated carbocycles. The minimum Gasteiger partial charge on any atom is -0.356 e. The molecule has 0 radical (unpaired) electrons. The molecule has 0 spiro atoms. The largest absolute Gasteiger partial charge is 0.356 e. The molecule has 5 heteroatoms. The Hall–Kier alpha value is -1.13. The number of hydrogen-bond acceptors (Lipinski definition) is 4. The Morgan fingerprint density at radius 3 is 2.61 bits per heavy atom. The SMILES string of the molecule is ClCc1ccc(CNc2nc(C3CC3)ns2)cc1. The van der Waals surface area contributed by atoms with E-state index in [1.165, 1.54) is 29.9 Å². The van der Waals surface area contributed by atoms with Crippen LogP contribution in [0.4, 0.5) is 5.13 Å². The van der Waals surface area contributed by atoms with Gasteiger partial charge in [-0.25, -0.2) is 4.98 Å². The second kappa shape index (κ2) is 5.24. The van der Waals surface area contributed by atoms with Gasteiger partial charge >= 0.3 is 0 Å². The van der Waals surface area contributed by atoms with Crippen molar-refractivity contribution in [1.82, 2.24) is 9.36 Å². The Bertz CT molecular complexity index is 519. The van der Waals surface area contributed by atoms with E-state index >= 15 is 0 Å². The molecule has 0 amide bonds. The van der Waals surface area contributed by atoms with E-state index in [9.17, 15) is 0 Å². The summed E-state index contributed by atoms with van der Waals surface area (Å²) < 4.78 is 4.37. The number of alkyl halides is 1. The van der Waals surface area contributed by atoms with Crippen LogP contribution in [0.3, 0.4) is 0 Å². The topological polar surface area (TPSA) is 37.8 Å². The van der Waals surface area contributed by atoms with Gasteiger partial charge in [0.2, 0.25) is 5.13 Å². The number of rotatable bonds is 5. The van der Waals surface area contributed by atoms with Crippen LogP contribution in [0.1, 0.15) is 35.7 Å². The second-order valence-corrected chi connectivity index (χ2v) is 5.55. The summed E-state index contributed by atoms with van der Waals surface area (Å²) in [5.74, 6) is 2.20. The molecule has 1 aliphatic carbocycles. The minimum atomic E-state index is 0.564. The maximum absolute atomic E-state index is 5.76. The van der Waals surface area contributed by atoms with Crippen molar-refractivity contribution in [2.45, 2.75) is 31.2 Å². The van der Waals surface area contributed by atoms with Gasteiger partial charge in [-0.05, 0) is 24.0 Å². The van der Waals surface area contributed by atoms with Crippen LogP contribution in [-0.2, 0) is 12.4 Å². The molecule has 0 bridgehead atoms. The van der Waals surface area contributed by atoms with E-state index in [1.54, 1.807) is 0 Å². The van der Waals surface area contributed by atoms with Crippen molar-refractivity contribution in [3.63, 3.8) is 0 Å². The Morgan fingerprint density at radius 2 is 1.94 bits per heavy atom. The van der Waals surface area contributed by atoms with Gasteiger partial charge in [0.1, 0.15) is 5.82 Å². The summed E-state index contributed by atoms with van der Waals surface area (Å²) in [5.41, 5.74) is 2.37. The predicted octanol–water partition coefficient (Wildman–Crippen LogP) is 3.77. The lowest BCUT2D eigenvalue weighted by atomic mass is 10.1. The highest BCUT2D eigenvalue weighted by Crippen LogP contribution is 2.39. The van der Waals surface area contributed by atoms with Crippen LogP contribution in [0.25, 0.3) is 0 Å². The maximum Gasteiger partial charge on any atom is 0.202 e. The molecule has 1 heterocycles. The lowest BCUT2D eigenvalue weighted by Gasteiger charge is -2.03. The van der Waals surface area contributed by atoms with Crippen molar-refractivity contribution >= 4 is 28.3 Å². The molecule has 1 N–H and O–H groups in total. The number of nitrogens with zero attached hydrogens (tertiary/aromatic N) is 2. The van der Waals surface area contributed by atoms with Gasteiger partial charge < -0.3 is 5.32 Å². The van der Waals surface area contributed by atoms with Gasteiger partial charge in [-0.1, -0.05) is 24.3 Å². The summed E-state index contributed by atoms with van der Waals surface area (Å²) in [5, 5.41) is 4.23. The van der Waals surface area contributed by atoms with Gasteiger partial charge in [0.25, 0.3) is 0 Å². The van der Waals surface area contributed by atoms with E-state index in [4.69, 9.17) is 11.6 Å². The molecule has 0 saturated heterocycles. The third-order valence-electron chi connectivity index (χ3n) is 3.01. The van der Waals surface area contributed by atoms with Gasteiger partial charge in [-0.15, -0.1) is 11.6 Å². The quantitative estimate of drug-likeness (QED) is 0.847. The lowest BCUT2D eigenvalue weighted by Crippen LogP contribution is -1.99. The summed E-state index contributed by atoms with van der Waals surface area (Å²) in [4.78, 5) is 4.50. The predicted molar refractivity (Wildman–Crippen MR) is 75.2 cm³/mol. The number of nitrogens with one attached hydrogen (secondary N) is 1. The zero-order valence-electron chi connectivity index (χ0n) is 9.90. The average Bonchev–Trinajstić information content (AvgIpc) is 3.16. The zero-order chi connectivity index (χ0) is 12.4. The van der Waals surface area contributed by atoms with Gasteiger partial charge in [0.05, 0.1) is 0 Å². The van der Waals surface area contributed by atoms with Gasteiger partial charge in [-0.2, -0.15) is 4.37 Å². The molecule has 1 aromatic heterocycles. The van der Waals surface area contributed by atoms with Gasteiger partial charge in [-0.3, -0.25) is 0 Å². The maximum atomic E-state index is 5.76. The molecule has 3 rings (SSSR count). The van der Waals surface area contributed by atoms with Crippen molar-refractivity contribution in [3.05, 3.63) is 41.2 Å². The first-order valence-electron chi connectivity index (χ1n) is 6.06. The lowest BCUT2D eigenvalue weighted by molar-refractivity contribution is 0.980. The van der Waals surface area contributed by atoms with Crippen molar-refractivity contribution in [1.29, 1.82) is 0 Å². The number of anilines is 1. The van der Waals surface area contributed by atoms with Crippen molar-refractivity contribution in [2.75, 3.05) is 5.32 Å². The number of hydrogen-bond donors (Lipinski definition) is 1. The average molecular weight is 280 g/mol. The van der Waals surface area contributed by atoms with Gasteiger partial charge in [0.15, 0.2) is 0 Å². The molecule has 18 heavy (non-hydrogen) atoms. The first-order valence-corrected chi connectivity index (χ1v) is 7.37. The molecule has 94 valence electrons. The standard InChI is InChI=1S/C13H14ClN3S/c14-7-9-1-3-10(4-2-9)8-15-13-16-12(17-18-13)11-5-6-11/h1-4,11H,5-8H2,(H,15,16,17). The van der Waals surface area contributed by atoms with Crippen LogP contribution in [-0.4, -0.2) is 9.36 Å². The minimum absolute atomic E-state index is 0.564. The van der Waals surface area contributed by atoms with E-state index in [0.717, 1.165) is 23.1 Å². The number of benzene rings is 1. The molecule has 1 fully saturated rings. The van der Waals surface area contributed by atoms with E-state index in [2.05, 4.69) is 38.9 Å². The molecule has 1 aliphatic rings. The van der Waals surface area contributed by atoms with Crippen molar-refractivity contribution < 1.29 is 0 Å². The first kappa shape index (κ1) is 11.9. The van der Waals surface area contributed by atoms with Crippen molar-refractivity contribution in [3.8, 4) is 0 Å². The molecule has 0 unspecified atom stereocenters. The molecule has 0 aliphatic heterocycles. The number of aromatic nitrogens is 2. The Balaban J connectivity index is 1.58. The first-order chi connectivity index (χ1) is 8.85. The van der Waals surface area contributed by atoms with E-state index in [1.807, 2.05) is 0 Å². The Kier molecular flexibility index (Phi) is 3.48. The molecular formula is C13H14ClN3S. The fourth-order valence-corrected chi connectivity index (χ4v) is 2.56. The van der Waals surface area contributed by atoms with Crippen LogP contribution in [0.2, 0.25) is 0 Å². The summed E-state index contributed by atoms with van der Waals surface area (Å²) in [6.07, 6.45) is 2.49. The molecule has 2 aromatic rings. The molecule has 1 aromatic carbocycles. The summed E-state index contributed by atoms with van der Waals surface area (Å²) in [6, 6.07) is 8.29. The molecular weight excluding hydrogens is 266 g/mol. The monoisotopic (exact) mass is 279 g/mol. The van der Waals surface area contributed by atoms with E-state index in [-0.39, 0.29) is 0 Å². The summed E-state index contributed by atoms with van der Waals surface area (Å²) in [6.45, 7) is 0.780. The molecule has 3 nitrogen and oxygen atoms in total. The van der Waals surface area contributed by atoms with E-state index in [0.29, 0.717) is 11.8 Å². The highest BCUT2D eigenvalue weighted by atomic mass is 35.5. The summed E-state index contributed by atoms with van der Waals surface area (Å²) >= 11 is 7.21. The van der Waals surface area contributed by atoms with Crippen LogP contribution < -0.4 is 5.32 Å². The Labute approximate surface area is 115 Å². The normalized spacial score (nSPS) is 14.7. The Morgan fingerprint density at radius 1 is 1.22 bits per heavy atom. The third-order valence-corrected chi connectivity index (χ3v) is 4.00. The summed E-state index contributed by atoms with van der Waals surface area (Å²) in [7, 11) is 0. The smallest absolute Gasteiger partial charge is 0.202 e. The number of halogens is 1. The fraction of sp³-hybridized carbons (Fsp3) is 0.385. The highest BCUT2D eigenvalue weighted by Gasteiger charge is 2.27. The van der Waals surface area contributed by atoms with Crippen LogP contribution in [0.5, 0.6) is 0 Å². The van der Waals surface area contributed by atoms with E-state index < -0.39 is 0 Å².